The summed E-state index contributed by atoms with van der Waals surface area (Å²) in [6, 6.07) is 3.29. The molecule has 1 atom stereocenters. The first-order valence-electron chi connectivity index (χ1n) is 6.27. The smallest absolute Gasteiger partial charge is 0.287 e. The Morgan fingerprint density at radius 1 is 1.47 bits per heavy atom. The molecular formula is C13H19NO3. The van der Waals surface area contributed by atoms with Crippen molar-refractivity contribution in [3.05, 3.63) is 24.2 Å². The number of hydrogen-bond donors (Lipinski definition) is 2. The Morgan fingerprint density at radius 2 is 2.24 bits per heavy atom. The third-order valence-electron chi connectivity index (χ3n) is 3.41. The fraction of sp³-hybridized carbons (Fsp3) is 0.615. The van der Waals surface area contributed by atoms with Crippen molar-refractivity contribution in [1.29, 1.82) is 0 Å². The molecule has 1 amide bonds. The highest BCUT2D eigenvalue weighted by Crippen LogP contribution is 2.26. The molecule has 0 saturated heterocycles. The van der Waals surface area contributed by atoms with Crippen LogP contribution in [0.3, 0.4) is 0 Å². The molecule has 1 saturated carbocycles. The minimum absolute atomic E-state index is 0.259. The van der Waals surface area contributed by atoms with Crippen LogP contribution < -0.4 is 5.32 Å². The second kappa shape index (κ2) is 5.87. The lowest BCUT2D eigenvalue weighted by Crippen LogP contribution is -2.36. The number of carbonyl (C=O) groups is 1. The molecule has 17 heavy (non-hydrogen) atoms. The maximum Gasteiger partial charge on any atom is 0.287 e. The molecular weight excluding hydrogens is 218 g/mol. The summed E-state index contributed by atoms with van der Waals surface area (Å²) in [7, 11) is 0. The van der Waals surface area contributed by atoms with Crippen molar-refractivity contribution in [2.45, 2.75) is 38.2 Å². The Morgan fingerprint density at radius 3 is 2.88 bits per heavy atom. The van der Waals surface area contributed by atoms with Gasteiger partial charge in [0, 0.05) is 6.54 Å². The molecule has 4 heteroatoms. The summed E-state index contributed by atoms with van der Waals surface area (Å²) < 4.78 is 4.98. The predicted molar refractivity (Wildman–Crippen MR) is 63.6 cm³/mol. The molecule has 1 aliphatic carbocycles. The molecule has 1 aliphatic rings. The van der Waals surface area contributed by atoms with E-state index in [1.165, 1.54) is 25.5 Å². The van der Waals surface area contributed by atoms with Crippen LogP contribution in [0, 0.1) is 5.92 Å². The summed E-state index contributed by atoms with van der Waals surface area (Å²) in [5.41, 5.74) is 0. The summed E-state index contributed by atoms with van der Waals surface area (Å²) >= 11 is 0. The van der Waals surface area contributed by atoms with Crippen LogP contribution >= 0.6 is 0 Å². The molecule has 4 nitrogen and oxygen atoms in total. The lowest BCUT2D eigenvalue weighted by atomic mass is 9.85. The zero-order valence-corrected chi connectivity index (χ0v) is 9.89. The zero-order chi connectivity index (χ0) is 12.1. The number of carbonyl (C=O) groups excluding carboxylic acids is 1. The molecule has 0 aromatic carbocycles. The van der Waals surface area contributed by atoms with E-state index in [9.17, 15) is 9.90 Å². The SMILES string of the molecule is O=C(NCC(O)C1CCCCC1)c1ccco1. The maximum atomic E-state index is 11.6. The predicted octanol–water partition coefficient (Wildman–Crippen LogP) is 1.95. The molecule has 1 fully saturated rings. The van der Waals surface area contributed by atoms with Crippen molar-refractivity contribution < 1.29 is 14.3 Å². The Balaban J connectivity index is 1.75. The van der Waals surface area contributed by atoms with E-state index in [-0.39, 0.29) is 5.91 Å². The van der Waals surface area contributed by atoms with E-state index in [0.29, 0.717) is 18.2 Å². The third kappa shape index (κ3) is 3.33. The number of aliphatic hydroxyl groups excluding tert-OH is 1. The van der Waals surface area contributed by atoms with Crippen LogP contribution in [0.2, 0.25) is 0 Å². The lowest BCUT2D eigenvalue weighted by Gasteiger charge is -2.26. The molecule has 2 N–H and O–H groups in total. The first-order valence-corrected chi connectivity index (χ1v) is 6.27. The van der Waals surface area contributed by atoms with Crippen LogP contribution in [0.4, 0.5) is 0 Å². The van der Waals surface area contributed by atoms with Crippen molar-refractivity contribution in [3.63, 3.8) is 0 Å². The number of rotatable bonds is 4. The molecule has 0 spiro atoms. The van der Waals surface area contributed by atoms with Crippen LogP contribution in [-0.2, 0) is 0 Å². The van der Waals surface area contributed by atoms with Crippen molar-refractivity contribution in [3.8, 4) is 0 Å². The summed E-state index contributed by atoms with van der Waals surface area (Å²) in [5, 5.41) is 12.7. The summed E-state index contributed by atoms with van der Waals surface area (Å²) in [5.74, 6) is 0.367. The molecule has 1 unspecified atom stereocenters. The van der Waals surface area contributed by atoms with E-state index in [4.69, 9.17) is 4.42 Å². The molecule has 0 radical (unpaired) electrons. The number of aliphatic hydroxyl groups is 1. The van der Waals surface area contributed by atoms with Crippen molar-refractivity contribution >= 4 is 5.91 Å². The van der Waals surface area contributed by atoms with E-state index in [0.717, 1.165) is 12.8 Å². The highest BCUT2D eigenvalue weighted by atomic mass is 16.3. The zero-order valence-electron chi connectivity index (χ0n) is 9.89. The van der Waals surface area contributed by atoms with E-state index in [1.54, 1.807) is 12.1 Å². The average Bonchev–Trinajstić information content (AvgIpc) is 2.90. The summed E-state index contributed by atoms with van der Waals surface area (Å²) in [4.78, 5) is 11.6. The van der Waals surface area contributed by atoms with Crippen LogP contribution in [0.5, 0.6) is 0 Å². The molecule has 0 bridgehead atoms. The Bertz CT molecular complexity index is 342. The number of furan rings is 1. The second-order valence-corrected chi connectivity index (χ2v) is 4.65. The van der Waals surface area contributed by atoms with Crippen LogP contribution in [0.25, 0.3) is 0 Å². The Hall–Kier alpha value is -1.29. The largest absolute Gasteiger partial charge is 0.459 e. The molecule has 1 heterocycles. The highest BCUT2D eigenvalue weighted by Gasteiger charge is 2.22. The number of nitrogens with one attached hydrogen (secondary N) is 1. The van der Waals surface area contributed by atoms with Crippen molar-refractivity contribution in [2.24, 2.45) is 5.92 Å². The van der Waals surface area contributed by atoms with Gasteiger partial charge in [-0.25, -0.2) is 0 Å². The summed E-state index contributed by atoms with van der Waals surface area (Å²) in [6.45, 7) is 0.310. The van der Waals surface area contributed by atoms with Gasteiger partial charge in [-0.3, -0.25) is 4.79 Å². The van der Waals surface area contributed by atoms with Crippen LogP contribution in [0.15, 0.2) is 22.8 Å². The van der Waals surface area contributed by atoms with Gasteiger partial charge in [0.25, 0.3) is 5.91 Å². The lowest BCUT2D eigenvalue weighted by molar-refractivity contribution is 0.0724. The standard InChI is InChI=1S/C13H19NO3/c15-11(10-5-2-1-3-6-10)9-14-13(16)12-7-4-8-17-12/h4,7-8,10-11,15H,1-3,5-6,9H2,(H,14,16). The van der Waals surface area contributed by atoms with Gasteiger partial charge in [-0.1, -0.05) is 19.3 Å². The monoisotopic (exact) mass is 237 g/mol. The molecule has 2 rings (SSSR count). The van der Waals surface area contributed by atoms with E-state index in [1.807, 2.05) is 0 Å². The van der Waals surface area contributed by atoms with Gasteiger partial charge < -0.3 is 14.8 Å². The molecule has 94 valence electrons. The molecule has 1 aromatic heterocycles. The first kappa shape index (κ1) is 12.2. The van der Waals surface area contributed by atoms with Crippen molar-refractivity contribution in [2.75, 3.05) is 6.54 Å². The third-order valence-corrected chi connectivity index (χ3v) is 3.41. The average molecular weight is 237 g/mol. The number of amides is 1. The van der Waals surface area contributed by atoms with Gasteiger partial charge in [0.1, 0.15) is 0 Å². The van der Waals surface area contributed by atoms with Gasteiger partial charge in [0.2, 0.25) is 0 Å². The fourth-order valence-electron chi connectivity index (χ4n) is 2.38. The highest BCUT2D eigenvalue weighted by molar-refractivity contribution is 5.91. The van der Waals surface area contributed by atoms with E-state index < -0.39 is 6.10 Å². The van der Waals surface area contributed by atoms with Crippen LogP contribution in [0.1, 0.15) is 42.7 Å². The van der Waals surface area contributed by atoms with Gasteiger partial charge >= 0.3 is 0 Å². The van der Waals surface area contributed by atoms with Gasteiger partial charge in [-0.05, 0) is 30.9 Å². The quantitative estimate of drug-likeness (QED) is 0.841. The normalized spacial score (nSPS) is 18.9. The van der Waals surface area contributed by atoms with Gasteiger partial charge in [0.05, 0.1) is 12.4 Å². The van der Waals surface area contributed by atoms with Crippen molar-refractivity contribution in [1.82, 2.24) is 5.32 Å². The second-order valence-electron chi connectivity index (χ2n) is 4.65. The van der Waals surface area contributed by atoms with E-state index >= 15 is 0 Å². The fourth-order valence-corrected chi connectivity index (χ4v) is 2.38. The topological polar surface area (TPSA) is 62.5 Å². The van der Waals surface area contributed by atoms with Gasteiger partial charge in [-0.15, -0.1) is 0 Å². The minimum Gasteiger partial charge on any atom is -0.459 e. The minimum atomic E-state index is -0.436. The van der Waals surface area contributed by atoms with Crippen LogP contribution in [-0.4, -0.2) is 23.7 Å². The van der Waals surface area contributed by atoms with Gasteiger partial charge in [-0.2, -0.15) is 0 Å². The van der Waals surface area contributed by atoms with E-state index in [2.05, 4.69) is 5.32 Å². The molecule has 1 aromatic rings. The molecule has 0 aliphatic heterocycles. The first-order chi connectivity index (χ1) is 8.27. The number of hydrogen-bond acceptors (Lipinski definition) is 3. The maximum absolute atomic E-state index is 11.6. The summed E-state index contributed by atoms with van der Waals surface area (Å²) in [6.07, 6.45) is 6.81. The van der Waals surface area contributed by atoms with Gasteiger partial charge in [0.15, 0.2) is 5.76 Å². The Labute approximate surface area is 101 Å². The Kier molecular flexibility index (Phi) is 4.20.